The van der Waals surface area contributed by atoms with Crippen molar-refractivity contribution in [2.45, 2.75) is 12.3 Å². The number of fused-ring (bicyclic) bond motifs is 1. The lowest BCUT2D eigenvalue weighted by atomic mass is 9.95. The zero-order valence-corrected chi connectivity index (χ0v) is 12.0. The van der Waals surface area contributed by atoms with Gasteiger partial charge in [-0.15, -0.1) is 11.3 Å². The molecule has 0 radical (unpaired) electrons. The molecule has 1 aromatic carbocycles. The van der Waals surface area contributed by atoms with Crippen molar-refractivity contribution in [1.82, 2.24) is 0 Å². The van der Waals surface area contributed by atoms with Crippen molar-refractivity contribution in [1.29, 1.82) is 0 Å². The van der Waals surface area contributed by atoms with Crippen LogP contribution < -0.4 is 4.74 Å². The molecule has 0 saturated carbocycles. The molecule has 1 atom stereocenters. The molecule has 3 rings (SSSR count). The van der Waals surface area contributed by atoms with E-state index in [1.807, 2.05) is 36.4 Å². The molecule has 0 saturated heterocycles. The number of rotatable bonds is 3. The van der Waals surface area contributed by atoms with E-state index in [-0.39, 0.29) is 11.7 Å². The van der Waals surface area contributed by atoms with Crippen LogP contribution in [0.2, 0.25) is 0 Å². The standard InChI is InChI=1S/C14H11BrO2S/c15-14-6-5-9(18-14)7-12(16)11-8-17-13-4-2-1-3-10(11)13/h1-6,11H,7-8H2. The largest absolute Gasteiger partial charge is 0.492 e. The molecule has 4 heteroatoms. The van der Waals surface area contributed by atoms with Crippen molar-refractivity contribution in [2.24, 2.45) is 0 Å². The number of thiophene rings is 1. The van der Waals surface area contributed by atoms with Gasteiger partial charge < -0.3 is 4.74 Å². The van der Waals surface area contributed by atoms with Crippen LogP contribution in [0.5, 0.6) is 5.75 Å². The Morgan fingerprint density at radius 3 is 2.94 bits per heavy atom. The highest BCUT2D eigenvalue weighted by Gasteiger charge is 2.29. The lowest BCUT2D eigenvalue weighted by Gasteiger charge is -2.06. The molecule has 0 spiro atoms. The van der Waals surface area contributed by atoms with Crippen LogP contribution in [-0.2, 0) is 11.2 Å². The second kappa shape index (κ2) is 4.86. The molecule has 2 nitrogen and oxygen atoms in total. The summed E-state index contributed by atoms with van der Waals surface area (Å²) < 4.78 is 6.61. The number of hydrogen-bond donors (Lipinski definition) is 0. The van der Waals surface area contributed by atoms with Crippen LogP contribution in [0.4, 0.5) is 0 Å². The number of carbonyl (C=O) groups is 1. The Kier molecular flexibility index (Phi) is 3.22. The molecule has 1 aliphatic rings. The monoisotopic (exact) mass is 322 g/mol. The van der Waals surface area contributed by atoms with E-state index in [2.05, 4.69) is 15.9 Å². The number of para-hydroxylation sites is 1. The maximum atomic E-state index is 12.3. The zero-order valence-electron chi connectivity index (χ0n) is 9.56. The van der Waals surface area contributed by atoms with E-state index in [4.69, 9.17) is 4.74 Å². The van der Waals surface area contributed by atoms with E-state index in [1.165, 1.54) is 0 Å². The summed E-state index contributed by atoms with van der Waals surface area (Å²) in [5.41, 5.74) is 1.03. The minimum atomic E-state index is -0.109. The molecule has 92 valence electrons. The van der Waals surface area contributed by atoms with Crippen molar-refractivity contribution < 1.29 is 9.53 Å². The van der Waals surface area contributed by atoms with Crippen LogP contribution in [0.25, 0.3) is 0 Å². The number of ether oxygens (including phenoxy) is 1. The third kappa shape index (κ3) is 2.22. The average Bonchev–Trinajstić information content (AvgIpc) is 2.95. The maximum absolute atomic E-state index is 12.3. The first-order valence-corrected chi connectivity index (χ1v) is 7.33. The highest BCUT2D eigenvalue weighted by Crippen LogP contribution is 2.35. The Morgan fingerprint density at radius 2 is 2.17 bits per heavy atom. The number of carbonyl (C=O) groups excluding carboxylic acids is 1. The highest BCUT2D eigenvalue weighted by atomic mass is 79.9. The van der Waals surface area contributed by atoms with Gasteiger partial charge in [0, 0.05) is 16.9 Å². The van der Waals surface area contributed by atoms with Crippen LogP contribution >= 0.6 is 27.3 Å². The number of benzene rings is 1. The van der Waals surface area contributed by atoms with E-state index in [9.17, 15) is 4.79 Å². The van der Waals surface area contributed by atoms with Crippen molar-refractivity contribution in [3.63, 3.8) is 0 Å². The smallest absolute Gasteiger partial charge is 0.149 e. The lowest BCUT2D eigenvalue weighted by Crippen LogP contribution is -2.15. The summed E-state index contributed by atoms with van der Waals surface area (Å²) in [7, 11) is 0. The lowest BCUT2D eigenvalue weighted by molar-refractivity contribution is -0.120. The SMILES string of the molecule is O=C(Cc1ccc(Br)s1)C1COc2ccccc21. The summed E-state index contributed by atoms with van der Waals surface area (Å²) >= 11 is 5.03. The van der Waals surface area contributed by atoms with Gasteiger partial charge in [-0.1, -0.05) is 18.2 Å². The fourth-order valence-corrected chi connectivity index (χ4v) is 3.66. The van der Waals surface area contributed by atoms with Crippen molar-refractivity contribution in [3.8, 4) is 5.75 Å². The van der Waals surface area contributed by atoms with Crippen molar-refractivity contribution >= 4 is 33.0 Å². The summed E-state index contributed by atoms with van der Waals surface area (Å²) in [6, 6.07) is 11.8. The predicted octanol–water partition coefficient (Wildman–Crippen LogP) is 3.80. The number of hydrogen-bond acceptors (Lipinski definition) is 3. The van der Waals surface area contributed by atoms with Gasteiger partial charge in [-0.2, -0.15) is 0 Å². The minimum Gasteiger partial charge on any atom is -0.492 e. The number of ketones is 1. The summed E-state index contributed by atoms with van der Waals surface area (Å²) in [5.74, 6) is 0.972. The van der Waals surface area contributed by atoms with Gasteiger partial charge in [0.1, 0.15) is 18.1 Å². The van der Waals surface area contributed by atoms with Crippen LogP contribution in [0.3, 0.4) is 0 Å². The maximum Gasteiger partial charge on any atom is 0.149 e. The predicted molar refractivity (Wildman–Crippen MR) is 75.4 cm³/mol. The van der Waals surface area contributed by atoms with Crippen molar-refractivity contribution in [3.05, 3.63) is 50.6 Å². The fraction of sp³-hybridized carbons (Fsp3) is 0.214. The Bertz CT molecular complexity index is 591. The topological polar surface area (TPSA) is 26.3 Å². The molecule has 0 N–H and O–H groups in total. The van der Waals surface area contributed by atoms with Gasteiger partial charge in [-0.25, -0.2) is 0 Å². The van der Waals surface area contributed by atoms with Gasteiger partial charge in [0.15, 0.2) is 0 Å². The molecule has 18 heavy (non-hydrogen) atoms. The molecule has 0 aliphatic carbocycles. The number of halogens is 1. The minimum absolute atomic E-state index is 0.109. The van der Waals surface area contributed by atoms with E-state index in [1.54, 1.807) is 11.3 Å². The number of Topliss-reactive ketones (excluding diaryl/α,β-unsaturated/α-hetero) is 1. The summed E-state index contributed by atoms with van der Waals surface area (Å²) in [6.45, 7) is 0.477. The van der Waals surface area contributed by atoms with Gasteiger partial charge in [0.25, 0.3) is 0 Å². The van der Waals surface area contributed by atoms with Crippen LogP contribution in [0.15, 0.2) is 40.2 Å². The van der Waals surface area contributed by atoms with E-state index in [0.717, 1.165) is 20.0 Å². The van der Waals surface area contributed by atoms with Gasteiger partial charge in [-0.3, -0.25) is 4.79 Å². The van der Waals surface area contributed by atoms with Gasteiger partial charge in [0.05, 0.1) is 9.70 Å². The second-order valence-corrected chi connectivity index (χ2v) is 6.80. The Hall–Kier alpha value is -1.13. The molecule has 0 fully saturated rings. The molecular formula is C14H11BrO2S. The highest BCUT2D eigenvalue weighted by molar-refractivity contribution is 9.11. The zero-order chi connectivity index (χ0) is 12.5. The molecule has 2 heterocycles. The quantitative estimate of drug-likeness (QED) is 0.859. The Labute approximate surface area is 118 Å². The van der Waals surface area contributed by atoms with E-state index < -0.39 is 0 Å². The molecule has 2 aromatic rings. The molecule has 1 aromatic heterocycles. The summed E-state index contributed by atoms with van der Waals surface area (Å²) in [5, 5.41) is 0. The first-order valence-electron chi connectivity index (χ1n) is 5.72. The third-order valence-electron chi connectivity index (χ3n) is 3.07. The molecule has 0 amide bonds. The van der Waals surface area contributed by atoms with Gasteiger partial charge in [0.2, 0.25) is 0 Å². The van der Waals surface area contributed by atoms with Crippen molar-refractivity contribution in [2.75, 3.05) is 6.61 Å². The molecular weight excluding hydrogens is 312 g/mol. The molecule has 0 bridgehead atoms. The fourth-order valence-electron chi connectivity index (χ4n) is 2.17. The van der Waals surface area contributed by atoms with Gasteiger partial charge in [-0.05, 0) is 34.1 Å². The Balaban J connectivity index is 1.78. The average molecular weight is 323 g/mol. The van der Waals surface area contributed by atoms with Crippen LogP contribution in [0.1, 0.15) is 16.4 Å². The summed E-state index contributed by atoms with van der Waals surface area (Å²) in [4.78, 5) is 13.4. The van der Waals surface area contributed by atoms with Crippen LogP contribution in [0, 0.1) is 0 Å². The second-order valence-electron chi connectivity index (χ2n) is 4.25. The normalized spacial score (nSPS) is 17.3. The van der Waals surface area contributed by atoms with E-state index in [0.29, 0.717) is 13.0 Å². The molecule has 1 unspecified atom stereocenters. The first-order chi connectivity index (χ1) is 8.74. The first kappa shape index (κ1) is 11.9. The van der Waals surface area contributed by atoms with Gasteiger partial charge >= 0.3 is 0 Å². The third-order valence-corrected chi connectivity index (χ3v) is 4.69. The summed E-state index contributed by atoms with van der Waals surface area (Å²) in [6.07, 6.45) is 0.485. The molecule has 1 aliphatic heterocycles. The Morgan fingerprint density at radius 1 is 1.33 bits per heavy atom. The van der Waals surface area contributed by atoms with E-state index >= 15 is 0 Å². The van der Waals surface area contributed by atoms with Crippen LogP contribution in [-0.4, -0.2) is 12.4 Å².